The third kappa shape index (κ3) is 2.67. The number of fused-ring (bicyclic) bond motifs is 2. The average Bonchev–Trinajstić information content (AvgIpc) is 2.66. The van der Waals surface area contributed by atoms with Crippen LogP contribution in [0.5, 0.6) is 11.5 Å². The molecule has 0 spiro atoms. The average molecular weight is 352 g/mol. The van der Waals surface area contributed by atoms with Crippen LogP contribution in [0.2, 0.25) is 0 Å². The Kier molecular flexibility index (Phi) is 4.03. The first kappa shape index (κ1) is 16.4. The highest BCUT2D eigenvalue weighted by Crippen LogP contribution is 2.37. The second kappa shape index (κ2) is 6.37. The summed E-state index contributed by atoms with van der Waals surface area (Å²) in [5.41, 5.74) is 1.46. The van der Waals surface area contributed by atoms with Crippen molar-refractivity contribution in [3.63, 3.8) is 0 Å². The zero-order valence-electron chi connectivity index (χ0n) is 14.7. The summed E-state index contributed by atoms with van der Waals surface area (Å²) in [6.45, 7) is 4.06. The molecule has 0 saturated heterocycles. The summed E-state index contributed by atoms with van der Waals surface area (Å²) < 4.78 is 11.6. The van der Waals surface area contributed by atoms with Crippen LogP contribution in [0.3, 0.4) is 0 Å². The first-order valence-corrected chi connectivity index (χ1v) is 8.65. The van der Waals surface area contributed by atoms with E-state index in [-0.39, 0.29) is 24.5 Å². The number of anilines is 2. The molecule has 0 fully saturated rings. The van der Waals surface area contributed by atoms with Crippen molar-refractivity contribution in [2.75, 3.05) is 23.0 Å². The molecule has 0 N–H and O–H groups in total. The van der Waals surface area contributed by atoms with Gasteiger partial charge in [-0.1, -0.05) is 24.3 Å². The third-order valence-corrected chi connectivity index (χ3v) is 4.71. The highest BCUT2D eigenvalue weighted by molar-refractivity contribution is 6.05. The van der Waals surface area contributed by atoms with Gasteiger partial charge in [-0.15, -0.1) is 0 Å². The minimum absolute atomic E-state index is 0.0387. The number of benzene rings is 2. The van der Waals surface area contributed by atoms with Crippen molar-refractivity contribution < 1.29 is 19.1 Å². The molecule has 2 atom stereocenters. The van der Waals surface area contributed by atoms with Gasteiger partial charge in [-0.2, -0.15) is 0 Å². The predicted octanol–water partition coefficient (Wildman–Crippen LogP) is 2.61. The summed E-state index contributed by atoms with van der Waals surface area (Å²) >= 11 is 0. The maximum absolute atomic E-state index is 13.2. The quantitative estimate of drug-likeness (QED) is 0.792. The highest BCUT2D eigenvalue weighted by atomic mass is 16.6. The van der Waals surface area contributed by atoms with Crippen LogP contribution in [0.1, 0.15) is 13.8 Å². The van der Waals surface area contributed by atoms with Gasteiger partial charge in [-0.3, -0.25) is 9.59 Å². The summed E-state index contributed by atoms with van der Waals surface area (Å²) in [4.78, 5) is 28.7. The molecule has 2 aliphatic rings. The van der Waals surface area contributed by atoms with Gasteiger partial charge in [-0.05, 0) is 31.2 Å². The normalized spacial score (nSPS) is 21.2. The van der Waals surface area contributed by atoms with Gasteiger partial charge in [0.05, 0.1) is 17.4 Å². The van der Waals surface area contributed by atoms with Gasteiger partial charge < -0.3 is 19.3 Å². The standard InChI is InChI=1S/C20H20N2O4/c1-13-11-21(15-7-3-4-8-16(15)22(13)14(2)23)20(24)19-12-25-17-9-5-6-10-18(17)26-19/h3-10,13,19H,11-12H2,1-2H3/t13-,19?/m0/s1. The van der Waals surface area contributed by atoms with Crippen molar-refractivity contribution in [1.82, 2.24) is 0 Å². The Bertz CT molecular complexity index is 866. The van der Waals surface area contributed by atoms with Gasteiger partial charge in [0, 0.05) is 13.5 Å². The molecule has 6 heteroatoms. The molecule has 6 nitrogen and oxygen atoms in total. The maximum Gasteiger partial charge on any atom is 0.271 e. The number of carbonyl (C=O) groups is 2. The second-order valence-corrected chi connectivity index (χ2v) is 6.54. The fourth-order valence-electron chi connectivity index (χ4n) is 3.58. The Morgan fingerprint density at radius 2 is 1.65 bits per heavy atom. The monoisotopic (exact) mass is 352 g/mol. The molecular weight excluding hydrogens is 332 g/mol. The molecule has 0 saturated carbocycles. The summed E-state index contributed by atoms with van der Waals surface area (Å²) in [6.07, 6.45) is -0.714. The van der Waals surface area contributed by atoms with Crippen molar-refractivity contribution in [3.8, 4) is 11.5 Å². The predicted molar refractivity (Wildman–Crippen MR) is 97.8 cm³/mol. The molecule has 134 valence electrons. The van der Waals surface area contributed by atoms with Crippen LogP contribution in [0.15, 0.2) is 48.5 Å². The molecule has 26 heavy (non-hydrogen) atoms. The molecule has 2 heterocycles. The number of ether oxygens (including phenoxy) is 2. The van der Waals surface area contributed by atoms with Crippen LogP contribution in [-0.2, 0) is 9.59 Å². The zero-order valence-corrected chi connectivity index (χ0v) is 14.7. The number of amides is 2. The van der Waals surface area contributed by atoms with E-state index in [4.69, 9.17) is 9.47 Å². The molecule has 1 unspecified atom stereocenters. The van der Waals surface area contributed by atoms with Crippen LogP contribution >= 0.6 is 0 Å². The van der Waals surface area contributed by atoms with E-state index in [1.807, 2.05) is 49.4 Å². The zero-order chi connectivity index (χ0) is 18.3. The Morgan fingerprint density at radius 1 is 1.00 bits per heavy atom. The van der Waals surface area contributed by atoms with Crippen molar-refractivity contribution in [3.05, 3.63) is 48.5 Å². The minimum atomic E-state index is -0.714. The molecule has 2 aromatic rings. The number of carbonyl (C=O) groups excluding carboxylic acids is 2. The van der Waals surface area contributed by atoms with Crippen molar-refractivity contribution >= 4 is 23.2 Å². The van der Waals surface area contributed by atoms with E-state index in [0.29, 0.717) is 23.7 Å². The first-order chi connectivity index (χ1) is 12.6. The SMILES string of the molecule is CC(=O)N1c2ccccc2N(C(=O)C2COc3ccccc3O2)C[C@@H]1C. The lowest BCUT2D eigenvalue weighted by molar-refractivity contribution is -0.128. The number of hydrogen-bond acceptors (Lipinski definition) is 4. The summed E-state index contributed by atoms with van der Waals surface area (Å²) in [7, 11) is 0. The van der Waals surface area contributed by atoms with Gasteiger partial charge >= 0.3 is 0 Å². The van der Waals surface area contributed by atoms with Crippen LogP contribution in [0.4, 0.5) is 11.4 Å². The number of rotatable bonds is 1. The Hall–Kier alpha value is -3.02. The Labute approximate surface area is 151 Å². The molecule has 0 aliphatic carbocycles. The van der Waals surface area contributed by atoms with E-state index in [0.717, 1.165) is 5.69 Å². The number of nitrogens with zero attached hydrogens (tertiary/aromatic N) is 2. The topological polar surface area (TPSA) is 59.1 Å². The van der Waals surface area contributed by atoms with Crippen LogP contribution < -0.4 is 19.3 Å². The smallest absolute Gasteiger partial charge is 0.271 e. The first-order valence-electron chi connectivity index (χ1n) is 8.65. The lowest BCUT2D eigenvalue weighted by Gasteiger charge is -2.42. The fourth-order valence-corrected chi connectivity index (χ4v) is 3.58. The van der Waals surface area contributed by atoms with Crippen LogP contribution in [0.25, 0.3) is 0 Å². The summed E-state index contributed by atoms with van der Waals surface area (Å²) in [5.74, 6) is 1.01. The van der Waals surface area contributed by atoms with E-state index in [1.165, 1.54) is 0 Å². The Morgan fingerprint density at radius 3 is 2.38 bits per heavy atom. The number of para-hydroxylation sites is 4. The van der Waals surface area contributed by atoms with E-state index >= 15 is 0 Å². The third-order valence-electron chi connectivity index (χ3n) is 4.71. The van der Waals surface area contributed by atoms with Gasteiger partial charge in [0.1, 0.15) is 6.61 Å². The molecule has 2 aliphatic heterocycles. The molecule has 0 bridgehead atoms. The van der Waals surface area contributed by atoms with Crippen molar-refractivity contribution in [2.24, 2.45) is 0 Å². The summed E-state index contributed by atoms with van der Waals surface area (Å²) in [5, 5.41) is 0. The molecule has 2 aromatic carbocycles. The summed E-state index contributed by atoms with van der Waals surface area (Å²) in [6, 6.07) is 14.6. The van der Waals surface area contributed by atoms with Gasteiger partial charge in [0.15, 0.2) is 11.5 Å². The van der Waals surface area contributed by atoms with E-state index in [9.17, 15) is 9.59 Å². The lowest BCUT2D eigenvalue weighted by Crippen LogP contribution is -2.55. The van der Waals surface area contributed by atoms with E-state index in [1.54, 1.807) is 22.8 Å². The van der Waals surface area contributed by atoms with Crippen molar-refractivity contribution in [1.29, 1.82) is 0 Å². The van der Waals surface area contributed by atoms with Crippen molar-refractivity contribution in [2.45, 2.75) is 26.0 Å². The Balaban J connectivity index is 1.64. The lowest BCUT2D eigenvalue weighted by atomic mass is 10.1. The molecule has 2 amide bonds. The molecule has 0 aromatic heterocycles. The van der Waals surface area contributed by atoms with Crippen LogP contribution in [0, 0.1) is 0 Å². The van der Waals surface area contributed by atoms with Gasteiger partial charge in [0.25, 0.3) is 5.91 Å². The van der Waals surface area contributed by atoms with E-state index in [2.05, 4.69) is 0 Å². The maximum atomic E-state index is 13.2. The molecular formula is C20H20N2O4. The second-order valence-electron chi connectivity index (χ2n) is 6.54. The molecule has 4 rings (SSSR count). The number of hydrogen-bond donors (Lipinski definition) is 0. The van der Waals surface area contributed by atoms with Crippen LogP contribution in [-0.4, -0.2) is 37.1 Å². The van der Waals surface area contributed by atoms with E-state index < -0.39 is 6.10 Å². The highest BCUT2D eigenvalue weighted by Gasteiger charge is 2.38. The molecule has 0 radical (unpaired) electrons. The van der Waals surface area contributed by atoms with Gasteiger partial charge in [-0.25, -0.2) is 0 Å². The minimum Gasteiger partial charge on any atom is -0.485 e. The van der Waals surface area contributed by atoms with Gasteiger partial charge in [0.2, 0.25) is 12.0 Å². The largest absolute Gasteiger partial charge is 0.485 e. The fraction of sp³-hybridized carbons (Fsp3) is 0.300.